The van der Waals surface area contributed by atoms with Gasteiger partial charge in [0.1, 0.15) is 12.3 Å². The normalized spacial score (nSPS) is 18.0. The van der Waals surface area contributed by atoms with Crippen LogP contribution in [0.3, 0.4) is 0 Å². The molecule has 7 nitrogen and oxygen atoms in total. The Bertz CT molecular complexity index is 957. The topological polar surface area (TPSA) is 79.0 Å². The Morgan fingerprint density at radius 1 is 1.07 bits per heavy atom. The highest BCUT2D eigenvalue weighted by Crippen LogP contribution is 2.34. The van der Waals surface area contributed by atoms with E-state index in [1.54, 1.807) is 19.2 Å². The molecule has 0 saturated carbocycles. The molecule has 1 saturated heterocycles. The van der Waals surface area contributed by atoms with Crippen LogP contribution in [0.5, 0.6) is 5.75 Å². The fourth-order valence-electron chi connectivity index (χ4n) is 4.19. The Balaban J connectivity index is 1.40. The Labute approximate surface area is 175 Å². The van der Waals surface area contributed by atoms with E-state index in [2.05, 4.69) is 5.32 Å². The molecule has 3 amide bonds. The maximum atomic E-state index is 12.9. The standard InChI is InChI=1S/C23H25N3O4/c1-30-17-10-8-16(9-11-17)19-7-4-14-25(19)22(28)12-13-23(29)26-15-21(27)24-18-5-2-3-6-20(18)26/h2-3,5-6,8-11,19H,4,7,12-15H2,1H3,(H,24,27)/t19-/m1/s1. The molecule has 0 bridgehead atoms. The summed E-state index contributed by atoms with van der Waals surface area (Å²) in [6.45, 7) is 0.668. The number of fused-ring (bicyclic) bond motifs is 1. The number of methoxy groups -OCH3 is 1. The van der Waals surface area contributed by atoms with Gasteiger partial charge in [-0.25, -0.2) is 0 Å². The van der Waals surface area contributed by atoms with Crippen LogP contribution in [0.25, 0.3) is 0 Å². The molecule has 30 heavy (non-hydrogen) atoms. The average molecular weight is 407 g/mol. The van der Waals surface area contributed by atoms with Gasteiger partial charge < -0.3 is 19.9 Å². The monoisotopic (exact) mass is 407 g/mol. The highest BCUT2D eigenvalue weighted by Gasteiger charge is 2.31. The van der Waals surface area contributed by atoms with Crippen molar-refractivity contribution in [3.63, 3.8) is 0 Å². The average Bonchev–Trinajstić information content (AvgIpc) is 3.26. The fraction of sp³-hybridized carbons (Fsp3) is 0.348. The minimum Gasteiger partial charge on any atom is -0.497 e. The number of likely N-dealkylation sites (tertiary alicyclic amines) is 1. The Kier molecular flexibility index (Phi) is 5.70. The maximum absolute atomic E-state index is 12.9. The molecule has 0 unspecified atom stereocenters. The molecule has 2 aliphatic rings. The van der Waals surface area contributed by atoms with Crippen LogP contribution in [-0.4, -0.2) is 42.8 Å². The number of ether oxygens (including phenoxy) is 1. The third kappa shape index (κ3) is 4.01. The van der Waals surface area contributed by atoms with Gasteiger partial charge in [-0.3, -0.25) is 14.4 Å². The summed E-state index contributed by atoms with van der Waals surface area (Å²) >= 11 is 0. The number of nitrogens with zero attached hydrogens (tertiary/aromatic N) is 2. The van der Waals surface area contributed by atoms with Gasteiger partial charge in [0.2, 0.25) is 17.7 Å². The van der Waals surface area contributed by atoms with E-state index in [4.69, 9.17) is 4.74 Å². The van der Waals surface area contributed by atoms with Crippen LogP contribution in [0.1, 0.15) is 37.3 Å². The molecule has 4 rings (SSSR count). The Hall–Kier alpha value is -3.35. The summed E-state index contributed by atoms with van der Waals surface area (Å²) in [5.41, 5.74) is 2.37. The molecule has 2 heterocycles. The summed E-state index contributed by atoms with van der Waals surface area (Å²) in [7, 11) is 1.63. The third-order valence-electron chi connectivity index (χ3n) is 5.70. The number of nitrogens with one attached hydrogen (secondary N) is 1. The molecular formula is C23H25N3O4. The largest absolute Gasteiger partial charge is 0.497 e. The molecule has 2 aromatic carbocycles. The molecule has 1 N–H and O–H groups in total. The summed E-state index contributed by atoms with van der Waals surface area (Å²) in [6, 6.07) is 15.0. The van der Waals surface area contributed by atoms with Gasteiger partial charge in [0, 0.05) is 19.4 Å². The van der Waals surface area contributed by atoms with Crippen molar-refractivity contribution in [1.82, 2.24) is 4.90 Å². The highest BCUT2D eigenvalue weighted by molar-refractivity contribution is 6.10. The van der Waals surface area contributed by atoms with E-state index in [0.29, 0.717) is 17.9 Å². The van der Waals surface area contributed by atoms with Gasteiger partial charge in [-0.2, -0.15) is 0 Å². The summed E-state index contributed by atoms with van der Waals surface area (Å²) in [6.07, 6.45) is 2.06. The van der Waals surface area contributed by atoms with Crippen LogP contribution in [0, 0.1) is 0 Å². The maximum Gasteiger partial charge on any atom is 0.244 e. The lowest BCUT2D eigenvalue weighted by atomic mass is 10.0. The zero-order valence-electron chi connectivity index (χ0n) is 17.0. The first-order valence-corrected chi connectivity index (χ1v) is 10.2. The number of hydrogen-bond acceptors (Lipinski definition) is 4. The van der Waals surface area contributed by atoms with E-state index in [-0.39, 0.29) is 43.1 Å². The predicted octanol–water partition coefficient (Wildman–Crippen LogP) is 3.12. The lowest BCUT2D eigenvalue weighted by molar-refractivity contribution is -0.134. The van der Waals surface area contributed by atoms with E-state index in [1.807, 2.05) is 41.3 Å². The van der Waals surface area contributed by atoms with Gasteiger partial charge >= 0.3 is 0 Å². The number of para-hydroxylation sites is 2. The van der Waals surface area contributed by atoms with Crippen molar-refractivity contribution in [2.75, 3.05) is 30.4 Å². The Morgan fingerprint density at radius 2 is 1.80 bits per heavy atom. The van der Waals surface area contributed by atoms with E-state index >= 15 is 0 Å². The van der Waals surface area contributed by atoms with Crippen molar-refractivity contribution < 1.29 is 19.1 Å². The number of carbonyl (C=O) groups excluding carboxylic acids is 3. The van der Waals surface area contributed by atoms with Crippen molar-refractivity contribution >= 4 is 29.1 Å². The quantitative estimate of drug-likeness (QED) is 0.826. The van der Waals surface area contributed by atoms with Gasteiger partial charge in [-0.15, -0.1) is 0 Å². The number of hydrogen-bond donors (Lipinski definition) is 1. The molecule has 1 fully saturated rings. The zero-order valence-corrected chi connectivity index (χ0v) is 17.0. The van der Waals surface area contributed by atoms with Crippen molar-refractivity contribution in [1.29, 1.82) is 0 Å². The molecule has 0 aliphatic carbocycles. The van der Waals surface area contributed by atoms with Gasteiger partial charge in [-0.05, 0) is 42.7 Å². The number of amides is 3. The second-order valence-corrected chi connectivity index (χ2v) is 7.56. The number of anilines is 2. The van der Waals surface area contributed by atoms with Crippen molar-refractivity contribution in [2.24, 2.45) is 0 Å². The summed E-state index contributed by atoms with van der Waals surface area (Å²) in [5, 5.41) is 2.77. The summed E-state index contributed by atoms with van der Waals surface area (Å²) in [4.78, 5) is 41.0. The van der Waals surface area contributed by atoms with Gasteiger partial charge in [0.15, 0.2) is 0 Å². The first kappa shape index (κ1) is 19.9. The van der Waals surface area contributed by atoms with E-state index in [1.165, 1.54) is 4.90 Å². The van der Waals surface area contributed by atoms with Crippen LogP contribution < -0.4 is 15.0 Å². The van der Waals surface area contributed by atoms with E-state index in [0.717, 1.165) is 24.2 Å². The third-order valence-corrected chi connectivity index (χ3v) is 5.70. The van der Waals surface area contributed by atoms with Gasteiger partial charge in [-0.1, -0.05) is 24.3 Å². The van der Waals surface area contributed by atoms with Crippen molar-refractivity contribution in [2.45, 2.75) is 31.7 Å². The molecule has 0 radical (unpaired) electrons. The molecular weight excluding hydrogens is 382 g/mol. The first-order valence-electron chi connectivity index (χ1n) is 10.2. The molecule has 2 aromatic rings. The lowest BCUT2D eigenvalue weighted by Crippen LogP contribution is -2.42. The second-order valence-electron chi connectivity index (χ2n) is 7.56. The van der Waals surface area contributed by atoms with Crippen LogP contribution in [0.4, 0.5) is 11.4 Å². The highest BCUT2D eigenvalue weighted by atomic mass is 16.5. The smallest absolute Gasteiger partial charge is 0.244 e. The number of rotatable bonds is 5. The fourth-order valence-corrected chi connectivity index (χ4v) is 4.19. The summed E-state index contributed by atoms with van der Waals surface area (Å²) < 4.78 is 5.21. The van der Waals surface area contributed by atoms with Crippen LogP contribution in [0.2, 0.25) is 0 Å². The molecule has 0 aromatic heterocycles. The predicted molar refractivity (Wildman–Crippen MR) is 113 cm³/mol. The van der Waals surface area contributed by atoms with Crippen LogP contribution in [0.15, 0.2) is 48.5 Å². The minimum absolute atomic E-state index is 0.0256. The molecule has 7 heteroatoms. The molecule has 2 aliphatic heterocycles. The number of benzene rings is 2. The first-order chi connectivity index (χ1) is 14.6. The van der Waals surface area contributed by atoms with Gasteiger partial charge in [0.05, 0.1) is 24.5 Å². The SMILES string of the molecule is COc1ccc([C@H]2CCCN2C(=O)CCC(=O)N2CC(=O)Nc3ccccc32)cc1. The van der Waals surface area contributed by atoms with Gasteiger partial charge in [0.25, 0.3) is 0 Å². The van der Waals surface area contributed by atoms with Crippen LogP contribution in [-0.2, 0) is 14.4 Å². The van der Waals surface area contributed by atoms with Crippen molar-refractivity contribution in [3.05, 3.63) is 54.1 Å². The molecule has 156 valence electrons. The van der Waals surface area contributed by atoms with E-state index < -0.39 is 0 Å². The number of carbonyl (C=O) groups is 3. The zero-order chi connectivity index (χ0) is 21.1. The molecule has 0 spiro atoms. The van der Waals surface area contributed by atoms with E-state index in [9.17, 15) is 14.4 Å². The Morgan fingerprint density at radius 3 is 2.57 bits per heavy atom. The molecule has 1 atom stereocenters. The lowest BCUT2D eigenvalue weighted by Gasteiger charge is -2.29. The summed E-state index contributed by atoms with van der Waals surface area (Å²) in [5.74, 6) is 0.306. The second kappa shape index (κ2) is 8.57. The van der Waals surface area contributed by atoms with Crippen LogP contribution >= 0.6 is 0 Å². The minimum atomic E-state index is -0.229. The van der Waals surface area contributed by atoms with Crippen molar-refractivity contribution in [3.8, 4) is 5.75 Å².